The highest BCUT2D eigenvalue weighted by Crippen LogP contribution is 2.38. The van der Waals surface area contributed by atoms with E-state index in [1.165, 1.54) is 22.3 Å². The minimum Gasteiger partial charge on any atom is -0.504 e. The van der Waals surface area contributed by atoms with Crippen molar-refractivity contribution in [3.63, 3.8) is 0 Å². The van der Waals surface area contributed by atoms with Crippen molar-refractivity contribution in [1.29, 1.82) is 0 Å². The smallest absolute Gasteiger partial charge is 0.161 e. The Kier molecular flexibility index (Phi) is 3.96. The number of fused-ring (bicyclic) bond motifs is 4. The third kappa shape index (κ3) is 2.59. The molecule has 5 nitrogen and oxygen atoms in total. The Morgan fingerprint density at radius 2 is 1.56 bits per heavy atom. The van der Waals surface area contributed by atoms with Crippen molar-refractivity contribution in [2.45, 2.75) is 25.4 Å². The lowest BCUT2D eigenvalue weighted by Gasteiger charge is -2.38. The zero-order chi connectivity index (χ0) is 17.6. The molecule has 0 amide bonds. The van der Waals surface area contributed by atoms with E-state index in [0.717, 1.165) is 37.4 Å². The second-order valence-corrected chi connectivity index (χ2v) is 6.79. The van der Waals surface area contributed by atoms with Gasteiger partial charge in [0.1, 0.15) is 12.6 Å². The van der Waals surface area contributed by atoms with Crippen LogP contribution in [0.25, 0.3) is 0 Å². The molecule has 2 N–H and O–H groups in total. The standard InChI is InChI=1S/C20H23NO4/c1-23-18-10-15-12(7-17(18)22)4-5-21-11-14-9-20(25-3)19(24-2)8-13(14)6-16(15)21/h7-10,16,22H,4-6,11H2,1-3H3/p+1/t16-/m1/s1. The number of phenols is 1. The van der Waals surface area contributed by atoms with Gasteiger partial charge in [-0.2, -0.15) is 0 Å². The van der Waals surface area contributed by atoms with Crippen molar-refractivity contribution < 1.29 is 24.2 Å². The summed E-state index contributed by atoms with van der Waals surface area (Å²) >= 11 is 0. The average molecular weight is 342 g/mol. The largest absolute Gasteiger partial charge is 0.504 e. The van der Waals surface area contributed by atoms with E-state index >= 15 is 0 Å². The van der Waals surface area contributed by atoms with Gasteiger partial charge in [-0.15, -0.1) is 0 Å². The van der Waals surface area contributed by atoms with Crippen LogP contribution in [0, 0.1) is 0 Å². The quantitative estimate of drug-likeness (QED) is 0.891. The molecule has 0 fully saturated rings. The SMILES string of the molecule is COc1cc2c(cc1O)CC[NH+]1Cc3cc(OC)c(OC)cc3C[C@H]21. The second kappa shape index (κ2) is 6.15. The first-order valence-electron chi connectivity index (χ1n) is 8.62. The summed E-state index contributed by atoms with van der Waals surface area (Å²) in [6.45, 7) is 2.04. The molecule has 0 bridgehead atoms. The van der Waals surface area contributed by atoms with E-state index in [-0.39, 0.29) is 5.75 Å². The van der Waals surface area contributed by atoms with E-state index in [4.69, 9.17) is 14.2 Å². The van der Waals surface area contributed by atoms with Crippen molar-refractivity contribution >= 4 is 0 Å². The lowest BCUT2D eigenvalue weighted by atomic mass is 9.83. The summed E-state index contributed by atoms with van der Waals surface area (Å²) in [4.78, 5) is 1.56. The summed E-state index contributed by atoms with van der Waals surface area (Å²) in [6, 6.07) is 8.49. The van der Waals surface area contributed by atoms with Gasteiger partial charge < -0.3 is 24.2 Å². The molecule has 0 radical (unpaired) electrons. The van der Waals surface area contributed by atoms with Gasteiger partial charge in [0, 0.05) is 24.0 Å². The Morgan fingerprint density at radius 1 is 0.880 bits per heavy atom. The number of hydrogen-bond donors (Lipinski definition) is 2. The molecular formula is C20H24NO4+. The summed E-state index contributed by atoms with van der Waals surface area (Å²) in [6.07, 6.45) is 1.92. The van der Waals surface area contributed by atoms with Gasteiger partial charge >= 0.3 is 0 Å². The normalized spacial score (nSPS) is 20.9. The number of quaternary nitrogens is 1. The summed E-state index contributed by atoms with van der Waals surface area (Å²) in [5.41, 5.74) is 5.16. The summed E-state index contributed by atoms with van der Waals surface area (Å²) < 4.78 is 16.3. The highest BCUT2D eigenvalue weighted by Gasteiger charge is 2.37. The third-order valence-electron chi connectivity index (χ3n) is 5.57. The molecular weight excluding hydrogens is 318 g/mol. The van der Waals surface area contributed by atoms with Crippen molar-refractivity contribution in [2.24, 2.45) is 0 Å². The number of phenolic OH excluding ortho intramolecular Hbond substituents is 1. The van der Waals surface area contributed by atoms with Crippen molar-refractivity contribution in [2.75, 3.05) is 27.9 Å². The van der Waals surface area contributed by atoms with Crippen LogP contribution in [0.1, 0.15) is 28.3 Å². The topological polar surface area (TPSA) is 52.4 Å². The highest BCUT2D eigenvalue weighted by atomic mass is 16.5. The minimum absolute atomic E-state index is 0.229. The molecule has 5 heteroatoms. The van der Waals surface area contributed by atoms with Gasteiger partial charge in [0.2, 0.25) is 0 Å². The van der Waals surface area contributed by atoms with E-state index in [0.29, 0.717) is 11.8 Å². The van der Waals surface area contributed by atoms with Crippen LogP contribution in [0.5, 0.6) is 23.0 Å². The maximum Gasteiger partial charge on any atom is 0.161 e. The minimum atomic E-state index is 0.229. The molecule has 2 aromatic carbocycles. The van der Waals surface area contributed by atoms with Crippen molar-refractivity contribution in [3.8, 4) is 23.0 Å². The number of aromatic hydroxyl groups is 1. The van der Waals surface area contributed by atoms with Crippen LogP contribution in [0.15, 0.2) is 24.3 Å². The number of hydrogen-bond acceptors (Lipinski definition) is 4. The van der Waals surface area contributed by atoms with E-state index in [1.807, 2.05) is 12.1 Å². The molecule has 2 aliphatic rings. The van der Waals surface area contributed by atoms with Crippen LogP contribution in [0.3, 0.4) is 0 Å². The summed E-state index contributed by atoms with van der Waals surface area (Å²) in [7, 11) is 4.95. The summed E-state index contributed by atoms with van der Waals surface area (Å²) in [5.74, 6) is 2.36. The fraction of sp³-hybridized carbons (Fsp3) is 0.400. The van der Waals surface area contributed by atoms with Gasteiger partial charge in [0.25, 0.3) is 0 Å². The molecule has 2 heterocycles. The molecule has 2 atom stereocenters. The molecule has 0 saturated carbocycles. The maximum atomic E-state index is 10.1. The monoisotopic (exact) mass is 342 g/mol. The fourth-order valence-corrected chi connectivity index (χ4v) is 4.27. The van der Waals surface area contributed by atoms with Crippen LogP contribution in [-0.4, -0.2) is 33.0 Å². The zero-order valence-electron chi connectivity index (χ0n) is 14.9. The fourth-order valence-electron chi connectivity index (χ4n) is 4.27. The number of benzene rings is 2. The molecule has 4 rings (SSSR count). The third-order valence-corrected chi connectivity index (χ3v) is 5.57. The number of rotatable bonds is 3. The second-order valence-electron chi connectivity index (χ2n) is 6.79. The van der Waals surface area contributed by atoms with Crippen LogP contribution in [0.2, 0.25) is 0 Å². The molecule has 1 unspecified atom stereocenters. The van der Waals surface area contributed by atoms with Crippen molar-refractivity contribution in [3.05, 3.63) is 46.5 Å². The predicted octanol–water partition coefficient (Wildman–Crippen LogP) is 1.66. The van der Waals surface area contributed by atoms with Crippen LogP contribution < -0.4 is 19.1 Å². The van der Waals surface area contributed by atoms with Crippen LogP contribution >= 0.6 is 0 Å². The first-order chi connectivity index (χ1) is 12.1. The number of nitrogens with one attached hydrogen (secondary N) is 1. The Labute approximate surface area is 147 Å². The molecule has 132 valence electrons. The molecule has 0 aliphatic carbocycles. The van der Waals surface area contributed by atoms with Gasteiger partial charge in [-0.3, -0.25) is 0 Å². The Balaban J connectivity index is 1.76. The Morgan fingerprint density at radius 3 is 2.24 bits per heavy atom. The highest BCUT2D eigenvalue weighted by molar-refractivity contribution is 5.51. The molecule has 0 saturated heterocycles. The van der Waals surface area contributed by atoms with Crippen LogP contribution in [0.4, 0.5) is 0 Å². The molecule has 0 aromatic heterocycles. The van der Waals surface area contributed by atoms with E-state index in [2.05, 4.69) is 12.1 Å². The van der Waals surface area contributed by atoms with Crippen LogP contribution in [-0.2, 0) is 19.4 Å². The summed E-state index contributed by atoms with van der Waals surface area (Å²) in [5, 5.41) is 10.1. The number of ether oxygens (including phenoxy) is 3. The van der Waals surface area contributed by atoms with E-state index in [9.17, 15) is 5.11 Å². The Bertz CT molecular complexity index is 818. The van der Waals surface area contributed by atoms with Gasteiger partial charge in [0.15, 0.2) is 23.0 Å². The first kappa shape index (κ1) is 16.1. The van der Waals surface area contributed by atoms with Gasteiger partial charge in [-0.1, -0.05) is 0 Å². The van der Waals surface area contributed by atoms with E-state index < -0.39 is 0 Å². The zero-order valence-corrected chi connectivity index (χ0v) is 14.9. The average Bonchev–Trinajstić information content (AvgIpc) is 2.64. The van der Waals surface area contributed by atoms with Crippen molar-refractivity contribution in [1.82, 2.24) is 0 Å². The molecule has 2 aliphatic heterocycles. The molecule has 0 spiro atoms. The van der Waals surface area contributed by atoms with Gasteiger partial charge in [-0.25, -0.2) is 0 Å². The number of methoxy groups -OCH3 is 3. The lowest BCUT2D eigenvalue weighted by molar-refractivity contribution is -0.949. The lowest BCUT2D eigenvalue weighted by Crippen LogP contribution is -3.13. The van der Waals surface area contributed by atoms with Gasteiger partial charge in [0.05, 0.1) is 27.9 Å². The van der Waals surface area contributed by atoms with Gasteiger partial charge in [-0.05, 0) is 35.4 Å². The van der Waals surface area contributed by atoms with E-state index in [1.54, 1.807) is 26.2 Å². The first-order valence-corrected chi connectivity index (χ1v) is 8.62. The molecule has 25 heavy (non-hydrogen) atoms. The Hall–Kier alpha value is -2.40. The molecule has 2 aromatic rings. The maximum absolute atomic E-state index is 10.1. The predicted molar refractivity (Wildman–Crippen MR) is 93.9 cm³/mol.